The average molecular weight is 600 g/mol. The minimum absolute atomic E-state index is 0. The van der Waals surface area contributed by atoms with Crippen molar-refractivity contribution in [2.75, 3.05) is 0 Å². The van der Waals surface area contributed by atoms with Crippen LogP contribution in [0.15, 0.2) is 0 Å². The molecule has 4 heavy (non-hydrogen) atoms. The molecule has 0 nitrogen and oxygen atoms in total. The SMILES string of the molecule is [SnH2].[SnH2].[SnH2].[U]. The van der Waals surface area contributed by atoms with Crippen molar-refractivity contribution in [2.45, 2.75) is 0 Å². The number of hydrogen-bond acceptors (Lipinski definition) is 0. The summed E-state index contributed by atoms with van der Waals surface area (Å²) in [6.45, 7) is 0. The zero-order valence-corrected chi connectivity index (χ0v) is 18.9. The molecule has 6 radical (unpaired) electrons. The summed E-state index contributed by atoms with van der Waals surface area (Å²) in [4.78, 5) is 0. The topological polar surface area (TPSA) is 0 Å². The predicted molar refractivity (Wildman–Crippen MR) is 25.6 cm³/mol. The largest absolute Gasteiger partial charge is 0 e. The van der Waals surface area contributed by atoms with Gasteiger partial charge in [0, 0.05) is 31.1 Å². The van der Waals surface area contributed by atoms with E-state index in [0.29, 0.717) is 0 Å². The van der Waals surface area contributed by atoms with Crippen LogP contribution in [0.5, 0.6) is 0 Å². The van der Waals surface area contributed by atoms with Crippen molar-refractivity contribution in [2.24, 2.45) is 0 Å². The van der Waals surface area contributed by atoms with Crippen LogP contribution in [0.1, 0.15) is 0 Å². The summed E-state index contributed by atoms with van der Waals surface area (Å²) in [5.74, 6) is 0. The van der Waals surface area contributed by atoms with Gasteiger partial charge in [-0.3, -0.25) is 0 Å². The quantitative estimate of drug-likeness (QED) is 0.265. The van der Waals surface area contributed by atoms with E-state index in [0.717, 1.165) is 0 Å². The van der Waals surface area contributed by atoms with Crippen molar-refractivity contribution in [1.82, 2.24) is 0 Å². The Bertz CT molecular complexity index is 3.25. The van der Waals surface area contributed by atoms with Gasteiger partial charge in [0.05, 0.1) is 0 Å². The second-order valence-corrected chi connectivity index (χ2v) is 0. The summed E-state index contributed by atoms with van der Waals surface area (Å²) in [7, 11) is 0. The van der Waals surface area contributed by atoms with Gasteiger partial charge in [0.25, 0.3) is 0 Å². The van der Waals surface area contributed by atoms with E-state index >= 15 is 0 Å². The Morgan fingerprint density at radius 3 is 0.500 bits per heavy atom. The minimum atomic E-state index is 0. The first-order valence-corrected chi connectivity index (χ1v) is 0. The maximum atomic E-state index is 0. The van der Waals surface area contributed by atoms with Crippen LogP contribution in [0.4, 0.5) is 0 Å². The first kappa shape index (κ1) is 26.0. The van der Waals surface area contributed by atoms with Crippen molar-refractivity contribution in [3.63, 3.8) is 0 Å². The Balaban J connectivity index is 0. The van der Waals surface area contributed by atoms with E-state index in [-0.39, 0.29) is 103 Å². The summed E-state index contributed by atoms with van der Waals surface area (Å²) >= 11 is 0. The fraction of sp³-hybridized carbons (Fsp3) is 0. The average Bonchev–Trinajstić information content (AvgIpc) is 0. The molecule has 0 aromatic rings. The van der Waals surface area contributed by atoms with Gasteiger partial charge in [-0.05, 0) is 0 Å². The summed E-state index contributed by atoms with van der Waals surface area (Å²) in [5.41, 5.74) is 0. The first-order valence-electron chi connectivity index (χ1n) is 0. The van der Waals surface area contributed by atoms with Crippen molar-refractivity contribution >= 4 is 71.7 Å². The van der Waals surface area contributed by atoms with Gasteiger partial charge in [0.1, 0.15) is 0 Å². The van der Waals surface area contributed by atoms with E-state index < -0.39 is 0 Å². The molecule has 0 aliphatic carbocycles. The van der Waals surface area contributed by atoms with Gasteiger partial charge in [0.15, 0.2) is 0 Å². The van der Waals surface area contributed by atoms with E-state index in [1.54, 1.807) is 0 Å². The molecule has 0 aromatic heterocycles. The Hall–Kier alpha value is 3.45. The second kappa shape index (κ2) is 16.1. The normalized spacial score (nSPS) is 0. The number of rotatable bonds is 0. The molecular formula is H6Sn3U. The minimum Gasteiger partial charge on any atom is 0 e. The molecule has 0 aliphatic rings. The molecule has 0 spiro atoms. The monoisotopic (exact) mass is 604 g/mol. The fourth-order valence-electron chi connectivity index (χ4n) is 0. The maximum Gasteiger partial charge on any atom is 0 e. The Kier molecular flexibility index (Phi) is 105. The molecule has 0 N–H and O–H groups in total. The molecule has 0 rings (SSSR count). The van der Waals surface area contributed by atoms with Crippen molar-refractivity contribution in [1.29, 1.82) is 0 Å². The zero-order chi connectivity index (χ0) is 0. The predicted octanol–water partition coefficient (Wildman–Crippen LogP) is -2.75. The van der Waals surface area contributed by atoms with Crippen LogP contribution < -0.4 is 0 Å². The van der Waals surface area contributed by atoms with Crippen LogP contribution in [0.2, 0.25) is 0 Å². The molecule has 0 aromatic carbocycles. The fourth-order valence-corrected chi connectivity index (χ4v) is 0. The van der Waals surface area contributed by atoms with Crippen molar-refractivity contribution in [3.8, 4) is 0 Å². The maximum absolute atomic E-state index is 0. The standard InChI is InChI=1S/3Sn.U.6H. The van der Waals surface area contributed by atoms with Gasteiger partial charge in [-0.15, -0.1) is 0 Å². The summed E-state index contributed by atoms with van der Waals surface area (Å²) < 4.78 is 0. The molecule has 0 fully saturated rings. The molecule has 4 heteroatoms. The van der Waals surface area contributed by atoms with Crippen LogP contribution in [-0.2, 0) is 0 Å². The van der Waals surface area contributed by atoms with Crippen LogP contribution in [0.25, 0.3) is 0 Å². The molecule has 22 valence electrons. The third kappa shape index (κ3) is 9.07. The van der Waals surface area contributed by atoms with E-state index in [1.165, 1.54) is 0 Å². The molecular weight excluding hydrogens is 594 g/mol. The van der Waals surface area contributed by atoms with Crippen LogP contribution in [0, 0.1) is 31.1 Å². The van der Waals surface area contributed by atoms with E-state index in [9.17, 15) is 0 Å². The van der Waals surface area contributed by atoms with Gasteiger partial charge < -0.3 is 0 Å². The third-order valence-electron chi connectivity index (χ3n) is 0. The van der Waals surface area contributed by atoms with Crippen molar-refractivity contribution in [3.05, 3.63) is 0 Å². The second-order valence-electron chi connectivity index (χ2n) is 0. The number of hydrogen-bond donors (Lipinski definition) is 0. The van der Waals surface area contributed by atoms with Crippen LogP contribution in [-0.4, -0.2) is 71.7 Å². The Morgan fingerprint density at radius 2 is 0.500 bits per heavy atom. The van der Waals surface area contributed by atoms with Gasteiger partial charge >= 0.3 is 71.7 Å². The first-order chi connectivity index (χ1) is 0. The Labute approximate surface area is 100 Å². The smallest absolute Gasteiger partial charge is 0 e. The van der Waals surface area contributed by atoms with Crippen LogP contribution >= 0.6 is 0 Å². The third-order valence-corrected chi connectivity index (χ3v) is 0. The Morgan fingerprint density at radius 1 is 0.500 bits per heavy atom. The van der Waals surface area contributed by atoms with E-state index in [1.807, 2.05) is 0 Å². The molecule has 0 amide bonds. The molecule has 0 heterocycles. The molecule has 0 bridgehead atoms. The zero-order valence-electron chi connectivity index (χ0n) is 2.62. The van der Waals surface area contributed by atoms with Gasteiger partial charge in [-0.1, -0.05) is 0 Å². The molecule has 0 unspecified atom stereocenters. The van der Waals surface area contributed by atoms with Crippen molar-refractivity contribution < 1.29 is 31.1 Å². The summed E-state index contributed by atoms with van der Waals surface area (Å²) in [6, 6.07) is 0. The van der Waals surface area contributed by atoms with E-state index in [2.05, 4.69) is 0 Å². The molecule has 0 atom stereocenters. The molecule has 0 saturated heterocycles. The summed E-state index contributed by atoms with van der Waals surface area (Å²) in [6.07, 6.45) is 0. The van der Waals surface area contributed by atoms with Gasteiger partial charge in [-0.2, -0.15) is 0 Å². The summed E-state index contributed by atoms with van der Waals surface area (Å²) in [5, 5.41) is 0. The van der Waals surface area contributed by atoms with Crippen LogP contribution in [0.3, 0.4) is 0 Å². The molecule has 0 saturated carbocycles. The van der Waals surface area contributed by atoms with Gasteiger partial charge in [0.2, 0.25) is 0 Å². The van der Waals surface area contributed by atoms with Gasteiger partial charge in [-0.25, -0.2) is 0 Å². The molecule has 0 aliphatic heterocycles. The van der Waals surface area contributed by atoms with E-state index in [4.69, 9.17) is 0 Å².